The summed E-state index contributed by atoms with van der Waals surface area (Å²) in [5.74, 6) is -1.12. The van der Waals surface area contributed by atoms with Gasteiger partial charge in [0.15, 0.2) is 0 Å². The molecule has 2 aromatic rings. The van der Waals surface area contributed by atoms with Crippen LogP contribution in [0.4, 0.5) is 0 Å². The molecule has 0 aromatic heterocycles. The fourth-order valence-electron chi connectivity index (χ4n) is 1.91. The first-order chi connectivity index (χ1) is 10.8. The molecule has 0 fully saturated rings. The van der Waals surface area contributed by atoms with Gasteiger partial charge in [0.05, 0.1) is 4.90 Å². The monoisotopic (exact) mass is 335 g/mol. The summed E-state index contributed by atoms with van der Waals surface area (Å²) in [4.78, 5) is 11.3. The predicted molar refractivity (Wildman–Crippen MR) is 85.0 cm³/mol. The first-order valence-corrected chi connectivity index (χ1v) is 8.23. The van der Waals surface area contributed by atoms with Crippen molar-refractivity contribution >= 4 is 16.0 Å². The second-order valence-corrected chi connectivity index (χ2v) is 7.18. The van der Waals surface area contributed by atoms with E-state index in [-0.39, 0.29) is 22.8 Å². The number of aromatic carboxylic acids is 1. The molecule has 2 rings (SSSR count). The zero-order valence-electron chi connectivity index (χ0n) is 12.8. The fourth-order valence-corrected chi connectivity index (χ4v) is 2.84. The third-order valence-corrected chi connectivity index (χ3v) is 5.01. The van der Waals surface area contributed by atoms with Gasteiger partial charge in [-0.3, -0.25) is 0 Å². The van der Waals surface area contributed by atoms with E-state index in [4.69, 9.17) is 4.74 Å². The molecule has 0 unspecified atom stereocenters. The quantitative estimate of drug-likeness (QED) is 0.875. The lowest BCUT2D eigenvalue weighted by Crippen LogP contribution is -2.22. The molecule has 0 bridgehead atoms. The number of hydrogen-bond donors (Lipinski definition) is 1. The van der Waals surface area contributed by atoms with E-state index >= 15 is 0 Å². The van der Waals surface area contributed by atoms with Gasteiger partial charge in [0.2, 0.25) is 10.0 Å². The molecule has 0 aliphatic heterocycles. The van der Waals surface area contributed by atoms with Crippen molar-refractivity contribution in [1.82, 2.24) is 4.31 Å². The van der Waals surface area contributed by atoms with Crippen molar-refractivity contribution in [2.45, 2.75) is 11.5 Å². The summed E-state index contributed by atoms with van der Waals surface area (Å²) in [7, 11) is -0.933. The van der Waals surface area contributed by atoms with Crippen LogP contribution in [0.1, 0.15) is 15.9 Å². The van der Waals surface area contributed by atoms with Crippen LogP contribution in [0.2, 0.25) is 0 Å². The molecule has 2 aromatic carbocycles. The van der Waals surface area contributed by atoms with Gasteiger partial charge < -0.3 is 9.84 Å². The van der Waals surface area contributed by atoms with Gasteiger partial charge in [-0.1, -0.05) is 30.3 Å². The second kappa shape index (κ2) is 6.80. The lowest BCUT2D eigenvalue weighted by molar-refractivity contribution is 0.0691. The molecule has 0 radical (unpaired) electrons. The number of carboxylic acid groups (broad SMARTS) is 1. The van der Waals surface area contributed by atoms with Gasteiger partial charge in [-0.15, -0.1) is 0 Å². The van der Waals surface area contributed by atoms with Crippen molar-refractivity contribution in [1.29, 1.82) is 0 Å². The maximum atomic E-state index is 12.1. The maximum Gasteiger partial charge on any atom is 0.339 e. The van der Waals surface area contributed by atoms with Crippen molar-refractivity contribution in [3.63, 3.8) is 0 Å². The molecule has 0 atom stereocenters. The number of sulfonamides is 1. The van der Waals surface area contributed by atoms with Gasteiger partial charge in [-0.05, 0) is 23.8 Å². The Morgan fingerprint density at radius 1 is 1.13 bits per heavy atom. The van der Waals surface area contributed by atoms with Crippen LogP contribution < -0.4 is 4.74 Å². The summed E-state index contributed by atoms with van der Waals surface area (Å²) in [5, 5.41) is 9.30. The molecule has 0 saturated heterocycles. The van der Waals surface area contributed by atoms with Crippen LogP contribution >= 0.6 is 0 Å². The summed E-state index contributed by atoms with van der Waals surface area (Å²) in [5.41, 5.74) is 0.692. The Morgan fingerprint density at radius 3 is 2.35 bits per heavy atom. The number of carboxylic acids is 1. The van der Waals surface area contributed by atoms with E-state index in [1.807, 2.05) is 30.3 Å². The molecule has 7 heteroatoms. The first kappa shape index (κ1) is 17.0. The summed E-state index contributed by atoms with van der Waals surface area (Å²) in [6.07, 6.45) is 0. The number of rotatable bonds is 6. The molecule has 0 aliphatic carbocycles. The highest BCUT2D eigenvalue weighted by Crippen LogP contribution is 2.25. The number of carbonyl (C=O) groups is 1. The zero-order chi connectivity index (χ0) is 17.0. The van der Waals surface area contributed by atoms with Gasteiger partial charge in [0, 0.05) is 14.1 Å². The Bertz CT molecular complexity index is 800. The molecule has 0 aliphatic rings. The van der Waals surface area contributed by atoms with Crippen LogP contribution in [-0.2, 0) is 16.6 Å². The van der Waals surface area contributed by atoms with Crippen LogP contribution in [0.3, 0.4) is 0 Å². The normalized spacial score (nSPS) is 11.4. The standard InChI is InChI=1S/C16H17NO5S/c1-17(2)23(20,21)13-8-9-15(14(10-13)16(18)19)22-11-12-6-4-3-5-7-12/h3-10H,11H2,1-2H3,(H,18,19). The van der Waals surface area contributed by atoms with E-state index < -0.39 is 16.0 Å². The smallest absolute Gasteiger partial charge is 0.339 e. The summed E-state index contributed by atoms with van der Waals surface area (Å²) in [6.45, 7) is 0.195. The lowest BCUT2D eigenvalue weighted by atomic mass is 10.2. The Labute approximate surface area is 135 Å². The Kier molecular flexibility index (Phi) is 5.02. The third-order valence-electron chi connectivity index (χ3n) is 3.20. The maximum absolute atomic E-state index is 12.1. The average molecular weight is 335 g/mol. The summed E-state index contributed by atoms with van der Waals surface area (Å²) in [6, 6.07) is 13.1. The van der Waals surface area contributed by atoms with E-state index in [1.165, 1.54) is 26.2 Å². The molecule has 0 heterocycles. The zero-order valence-corrected chi connectivity index (χ0v) is 13.6. The fraction of sp³-hybridized carbons (Fsp3) is 0.188. The van der Waals surface area contributed by atoms with Gasteiger partial charge in [-0.2, -0.15) is 0 Å². The number of ether oxygens (including phenoxy) is 1. The minimum absolute atomic E-state index is 0.0908. The van der Waals surface area contributed by atoms with Gasteiger partial charge >= 0.3 is 5.97 Å². The Morgan fingerprint density at radius 2 is 1.78 bits per heavy atom. The van der Waals surface area contributed by atoms with Crippen molar-refractivity contribution in [2.75, 3.05) is 14.1 Å². The van der Waals surface area contributed by atoms with Crippen LogP contribution in [-0.4, -0.2) is 37.9 Å². The Hall–Kier alpha value is -2.38. The molecular formula is C16H17NO5S. The SMILES string of the molecule is CN(C)S(=O)(=O)c1ccc(OCc2ccccc2)c(C(=O)O)c1. The molecule has 0 spiro atoms. The van der Waals surface area contributed by atoms with Crippen LogP contribution in [0.25, 0.3) is 0 Å². The highest BCUT2D eigenvalue weighted by Gasteiger charge is 2.21. The summed E-state index contributed by atoms with van der Waals surface area (Å²) < 4.78 is 30.7. The molecule has 6 nitrogen and oxygen atoms in total. The second-order valence-electron chi connectivity index (χ2n) is 5.02. The van der Waals surface area contributed by atoms with Gasteiger partial charge in [0.25, 0.3) is 0 Å². The lowest BCUT2D eigenvalue weighted by Gasteiger charge is -2.14. The molecule has 0 amide bonds. The molecule has 122 valence electrons. The highest BCUT2D eigenvalue weighted by atomic mass is 32.2. The van der Waals surface area contributed by atoms with Crippen molar-refractivity contribution < 1.29 is 23.1 Å². The molecule has 0 saturated carbocycles. The first-order valence-electron chi connectivity index (χ1n) is 6.79. The van der Waals surface area contributed by atoms with E-state index in [2.05, 4.69) is 0 Å². The topological polar surface area (TPSA) is 83.9 Å². The van der Waals surface area contributed by atoms with Crippen molar-refractivity contribution in [3.05, 3.63) is 59.7 Å². The van der Waals surface area contributed by atoms with Crippen LogP contribution in [0.15, 0.2) is 53.4 Å². The van der Waals surface area contributed by atoms with Gasteiger partial charge in [-0.25, -0.2) is 17.5 Å². The molecular weight excluding hydrogens is 318 g/mol. The largest absolute Gasteiger partial charge is 0.488 e. The molecule has 23 heavy (non-hydrogen) atoms. The predicted octanol–water partition coefficient (Wildman–Crippen LogP) is 2.21. The number of hydrogen-bond acceptors (Lipinski definition) is 4. The van der Waals surface area contributed by atoms with E-state index in [9.17, 15) is 18.3 Å². The van der Waals surface area contributed by atoms with Gasteiger partial charge in [0.1, 0.15) is 17.9 Å². The van der Waals surface area contributed by atoms with Crippen LogP contribution in [0, 0.1) is 0 Å². The van der Waals surface area contributed by atoms with Crippen molar-refractivity contribution in [2.24, 2.45) is 0 Å². The minimum atomic E-state index is -3.70. The minimum Gasteiger partial charge on any atom is -0.488 e. The number of nitrogens with zero attached hydrogens (tertiary/aromatic N) is 1. The third kappa shape index (κ3) is 3.88. The highest BCUT2D eigenvalue weighted by molar-refractivity contribution is 7.89. The summed E-state index contributed by atoms with van der Waals surface area (Å²) >= 11 is 0. The van der Waals surface area contributed by atoms with Crippen molar-refractivity contribution in [3.8, 4) is 5.75 Å². The Balaban J connectivity index is 2.32. The average Bonchev–Trinajstić information content (AvgIpc) is 2.53. The molecule has 1 N–H and O–H groups in total. The van der Waals surface area contributed by atoms with E-state index in [0.29, 0.717) is 0 Å². The van der Waals surface area contributed by atoms with E-state index in [1.54, 1.807) is 0 Å². The van der Waals surface area contributed by atoms with E-state index in [0.717, 1.165) is 15.9 Å². The van der Waals surface area contributed by atoms with Crippen LogP contribution in [0.5, 0.6) is 5.75 Å². The number of benzene rings is 2.